The molecular formula is C14H21ClN2O3. The summed E-state index contributed by atoms with van der Waals surface area (Å²) < 4.78 is 10.3. The highest BCUT2D eigenvalue weighted by Crippen LogP contribution is 2.36. The predicted octanol–water partition coefficient (Wildman–Crippen LogP) is 2.81. The maximum Gasteiger partial charge on any atom is 0.244 e. The van der Waals surface area contributed by atoms with E-state index in [9.17, 15) is 4.79 Å². The summed E-state index contributed by atoms with van der Waals surface area (Å²) in [6, 6.07) is 3.21. The molecule has 0 aliphatic rings. The highest BCUT2D eigenvalue weighted by Gasteiger charge is 2.30. The number of rotatable bonds is 6. The summed E-state index contributed by atoms with van der Waals surface area (Å²) in [4.78, 5) is 12.3. The molecule has 1 aromatic rings. The quantitative estimate of drug-likeness (QED) is 0.847. The molecule has 1 rings (SSSR count). The van der Waals surface area contributed by atoms with Crippen LogP contribution in [0.1, 0.15) is 26.7 Å². The van der Waals surface area contributed by atoms with Gasteiger partial charge in [0, 0.05) is 12.1 Å². The smallest absolute Gasteiger partial charge is 0.244 e. The average molecular weight is 301 g/mol. The normalized spacial score (nSPS) is 11.1. The number of nitrogens with one attached hydrogen (secondary N) is 1. The summed E-state index contributed by atoms with van der Waals surface area (Å²) in [5, 5.41) is 3.19. The van der Waals surface area contributed by atoms with Gasteiger partial charge in [0.05, 0.1) is 30.5 Å². The zero-order chi connectivity index (χ0) is 15.3. The van der Waals surface area contributed by atoms with E-state index < -0.39 is 5.54 Å². The molecule has 20 heavy (non-hydrogen) atoms. The topological polar surface area (TPSA) is 73.6 Å². The fourth-order valence-corrected chi connectivity index (χ4v) is 2.01. The number of methoxy groups -OCH3 is 2. The molecule has 0 aliphatic heterocycles. The number of carbonyl (C=O) groups is 1. The highest BCUT2D eigenvalue weighted by molar-refractivity contribution is 6.32. The average Bonchev–Trinajstić information content (AvgIpc) is 2.47. The van der Waals surface area contributed by atoms with Gasteiger partial charge in [0.2, 0.25) is 5.91 Å². The Balaban J connectivity index is 3.11. The molecule has 112 valence electrons. The lowest BCUT2D eigenvalue weighted by molar-refractivity contribution is -0.121. The molecule has 0 aliphatic carbocycles. The van der Waals surface area contributed by atoms with Crippen molar-refractivity contribution in [3.05, 3.63) is 17.2 Å². The van der Waals surface area contributed by atoms with Crippen LogP contribution in [0, 0.1) is 0 Å². The van der Waals surface area contributed by atoms with Crippen LogP contribution >= 0.6 is 11.6 Å². The van der Waals surface area contributed by atoms with E-state index in [0.717, 1.165) is 0 Å². The van der Waals surface area contributed by atoms with Crippen molar-refractivity contribution in [2.24, 2.45) is 5.73 Å². The zero-order valence-corrected chi connectivity index (χ0v) is 13.0. The predicted molar refractivity (Wildman–Crippen MR) is 80.7 cm³/mol. The van der Waals surface area contributed by atoms with Crippen molar-refractivity contribution in [1.82, 2.24) is 0 Å². The van der Waals surface area contributed by atoms with Crippen molar-refractivity contribution in [2.45, 2.75) is 32.2 Å². The van der Waals surface area contributed by atoms with Crippen LogP contribution in [0.25, 0.3) is 0 Å². The molecule has 3 N–H and O–H groups in total. The Morgan fingerprint density at radius 3 is 2.25 bits per heavy atom. The van der Waals surface area contributed by atoms with Gasteiger partial charge in [-0.1, -0.05) is 25.4 Å². The molecule has 0 saturated carbocycles. The van der Waals surface area contributed by atoms with Gasteiger partial charge in [0.1, 0.15) is 11.5 Å². The molecule has 6 heteroatoms. The van der Waals surface area contributed by atoms with Crippen LogP contribution in [0.2, 0.25) is 5.02 Å². The summed E-state index contributed by atoms with van der Waals surface area (Å²) in [6.45, 7) is 3.76. The van der Waals surface area contributed by atoms with Crippen LogP contribution in [0.3, 0.4) is 0 Å². The van der Waals surface area contributed by atoms with Gasteiger partial charge < -0.3 is 20.5 Å². The molecule has 0 bridgehead atoms. The van der Waals surface area contributed by atoms with Gasteiger partial charge in [-0.3, -0.25) is 4.79 Å². The van der Waals surface area contributed by atoms with Crippen molar-refractivity contribution < 1.29 is 14.3 Å². The standard InChI is InChI=1S/C14H21ClN2O3/c1-5-14(16,6-2)13(18)17-10-8-11(19-3)9(15)7-12(10)20-4/h7-8H,5-6,16H2,1-4H3,(H,17,18). The lowest BCUT2D eigenvalue weighted by atomic mass is 9.93. The van der Waals surface area contributed by atoms with E-state index in [2.05, 4.69) is 5.32 Å². The number of amides is 1. The fraction of sp³-hybridized carbons (Fsp3) is 0.500. The Bertz CT molecular complexity index is 488. The minimum absolute atomic E-state index is 0.259. The van der Waals surface area contributed by atoms with E-state index >= 15 is 0 Å². The number of hydrogen-bond acceptors (Lipinski definition) is 4. The SMILES string of the molecule is CCC(N)(CC)C(=O)Nc1cc(OC)c(Cl)cc1OC. The van der Waals surface area contributed by atoms with Gasteiger partial charge in [0.25, 0.3) is 0 Å². The number of anilines is 1. The number of halogens is 1. The van der Waals surface area contributed by atoms with Gasteiger partial charge in [-0.05, 0) is 12.8 Å². The molecular weight excluding hydrogens is 280 g/mol. The maximum atomic E-state index is 12.3. The summed E-state index contributed by atoms with van der Waals surface area (Å²) in [5.74, 6) is 0.655. The molecule has 0 spiro atoms. The first-order chi connectivity index (χ1) is 9.41. The number of hydrogen-bond donors (Lipinski definition) is 2. The van der Waals surface area contributed by atoms with E-state index in [1.807, 2.05) is 13.8 Å². The van der Waals surface area contributed by atoms with Crippen molar-refractivity contribution in [2.75, 3.05) is 19.5 Å². The Labute approximate surface area is 124 Å². The Kier molecular flexibility index (Phi) is 5.65. The number of benzene rings is 1. The first-order valence-electron chi connectivity index (χ1n) is 6.43. The summed E-state index contributed by atoms with van der Waals surface area (Å²) >= 11 is 6.02. The first-order valence-corrected chi connectivity index (χ1v) is 6.81. The third-order valence-corrected chi connectivity index (χ3v) is 3.73. The van der Waals surface area contributed by atoms with Crippen LogP contribution in [-0.2, 0) is 4.79 Å². The van der Waals surface area contributed by atoms with Gasteiger partial charge in [-0.15, -0.1) is 0 Å². The van der Waals surface area contributed by atoms with Crippen molar-refractivity contribution in [3.8, 4) is 11.5 Å². The Hall–Kier alpha value is -1.46. The largest absolute Gasteiger partial charge is 0.495 e. The van der Waals surface area contributed by atoms with Crippen LogP contribution in [0.4, 0.5) is 5.69 Å². The van der Waals surface area contributed by atoms with E-state index in [1.54, 1.807) is 12.1 Å². The van der Waals surface area contributed by atoms with Crippen LogP contribution < -0.4 is 20.5 Å². The zero-order valence-electron chi connectivity index (χ0n) is 12.2. The van der Waals surface area contributed by atoms with E-state index in [-0.39, 0.29) is 5.91 Å². The second-order valence-electron chi connectivity index (χ2n) is 4.50. The molecule has 0 aromatic heterocycles. The van der Waals surface area contributed by atoms with Crippen molar-refractivity contribution >= 4 is 23.2 Å². The molecule has 0 radical (unpaired) electrons. The van der Waals surface area contributed by atoms with Gasteiger partial charge in [-0.2, -0.15) is 0 Å². The second kappa shape index (κ2) is 6.81. The highest BCUT2D eigenvalue weighted by atomic mass is 35.5. The number of carbonyl (C=O) groups excluding carboxylic acids is 1. The monoisotopic (exact) mass is 300 g/mol. The van der Waals surface area contributed by atoms with Gasteiger partial charge >= 0.3 is 0 Å². The van der Waals surface area contributed by atoms with Crippen LogP contribution in [-0.4, -0.2) is 25.7 Å². The number of ether oxygens (including phenoxy) is 2. The first kappa shape index (κ1) is 16.6. The van der Waals surface area contributed by atoms with Gasteiger partial charge in [0.15, 0.2) is 0 Å². The molecule has 0 saturated heterocycles. The fourth-order valence-electron chi connectivity index (χ4n) is 1.78. The van der Waals surface area contributed by atoms with E-state index in [0.29, 0.717) is 35.1 Å². The van der Waals surface area contributed by atoms with E-state index in [4.69, 9.17) is 26.8 Å². The molecule has 0 unspecified atom stereocenters. The Morgan fingerprint density at radius 2 is 1.80 bits per heavy atom. The van der Waals surface area contributed by atoms with Crippen LogP contribution in [0.5, 0.6) is 11.5 Å². The molecule has 1 amide bonds. The molecule has 0 heterocycles. The summed E-state index contributed by atoms with van der Waals surface area (Å²) in [5.41, 5.74) is 5.65. The molecule has 1 aromatic carbocycles. The van der Waals surface area contributed by atoms with E-state index in [1.165, 1.54) is 14.2 Å². The maximum absolute atomic E-state index is 12.3. The van der Waals surface area contributed by atoms with Crippen molar-refractivity contribution in [1.29, 1.82) is 0 Å². The van der Waals surface area contributed by atoms with Gasteiger partial charge in [-0.25, -0.2) is 0 Å². The van der Waals surface area contributed by atoms with Crippen molar-refractivity contribution in [3.63, 3.8) is 0 Å². The second-order valence-corrected chi connectivity index (χ2v) is 4.91. The number of nitrogens with two attached hydrogens (primary N) is 1. The molecule has 5 nitrogen and oxygen atoms in total. The Morgan fingerprint density at radius 1 is 1.25 bits per heavy atom. The molecule has 0 fully saturated rings. The van der Waals surface area contributed by atoms with Crippen LogP contribution in [0.15, 0.2) is 12.1 Å². The lowest BCUT2D eigenvalue weighted by Crippen LogP contribution is -2.50. The third kappa shape index (κ3) is 3.35. The minimum Gasteiger partial charge on any atom is -0.495 e. The third-order valence-electron chi connectivity index (χ3n) is 3.44. The summed E-state index contributed by atoms with van der Waals surface area (Å²) in [7, 11) is 3.01. The lowest BCUT2D eigenvalue weighted by Gasteiger charge is -2.25. The summed E-state index contributed by atoms with van der Waals surface area (Å²) in [6.07, 6.45) is 1.09. The molecule has 0 atom stereocenters. The minimum atomic E-state index is -0.905.